The van der Waals surface area contributed by atoms with Crippen molar-refractivity contribution in [2.75, 3.05) is 26.6 Å². The number of ketones is 1. The summed E-state index contributed by atoms with van der Waals surface area (Å²) < 4.78 is 10.8. The van der Waals surface area contributed by atoms with Crippen molar-refractivity contribution in [2.24, 2.45) is 11.5 Å². The minimum atomic E-state index is -0.663. The second kappa shape index (κ2) is 9.19. The lowest BCUT2D eigenvalue weighted by Gasteiger charge is -2.31. The van der Waals surface area contributed by atoms with E-state index in [2.05, 4.69) is 0 Å². The van der Waals surface area contributed by atoms with Gasteiger partial charge in [0, 0.05) is 6.54 Å². The molecular formula is C15H31N3O4. The molecule has 0 aromatic rings. The lowest BCUT2D eigenvalue weighted by molar-refractivity contribution is -0.141. The predicted molar refractivity (Wildman–Crippen MR) is 84.9 cm³/mol. The maximum absolute atomic E-state index is 12.4. The topological polar surface area (TPSA) is 108 Å². The SMILES string of the molecule is CC(=O)CN(CCC(C)(C)OCN)C(=O)CC(C)(C)OCN. The summed E-state index contributed by atoms with van der Waals surface area (Å²) in [6, 6.07) is 0. The molecular weight excluding hydrogens is 286 g/mol. The summed E-state index contributed by atoms with van der Waals surface area (Å²) in [6.07, 6.45) is 0.747. The van der Waals surface area contributed by atoms with Crippen LogP contribution in [0.5, 0.6) is 0 Å². The maximum atomic E-state index is 12.4. The fraction of sp³-hybridized carbons (Fsp3) is 0.867. The number of Topliss-reactive ketones (excluding diaryl/α,β-unsaturated/α-hetero) is 1. The van der Waals surface area contributed by atoms with Gasteiger partial charge in [-0.3, -0.25) is 9.59 Å². The molecule has 0 rings (SSSR count). The summed E-state index contributed by atoms with van der Waals surface area (Å²) in [6.45, 7) is 9.52. The molecule has 0 heterocycles. The highest BCUT2D eigenvalue weighted by molar-refractivity contribution is 5.85. The number of nitrogens with two attached hydrogens (primary N) is 2. The van der Waals surface area contributed by atoms with Crippen LogP contribution in [-0.4, -0.2) is 54.3 Å². The highest BCUT2D eigenvalue weighted by atomic mass is 16.5. The third-order valence-corrected chi connectivity index (χ3v) is 3.28. The van der Waals surface area contributed by atoms with E-state index in [9.17, 15) is 9.59 Å². The zero-order chi connectivity index (χ0) is 17.4. The Labute approximate surface area is 133 Å². The summed E-state index contributed by atoms with van der Waals surface area (Å²) in [5.74, 6) is -0.208. The van der Waals surface area contributed by atoms with E-state index in [1.165, 1.54) is 11.8 Å². The van der Waals surface area contributed by atoms with Crippen molar-refractivity contribution >= 4 is 11.7 Å². The number of hydrogen-bond acceptors (Lipinski definition) is 6. The molecule has 0 aliphatic carbocycles. The molecule has 0 unspecified atom stereocenters. The molecule has 0 saturated carbocycles. The van der Waals surface area contributed by atoms with Gasteiger partial charge in [-0.05, 0) is 41.0 Å². The van der Waals surface area contributed by atoms with Gasteiger partial charge < -0.3 is 25.8 Å². The van der Waals surface area contributed by atoms with Gasteiger partial charge in [-0.2, -0.15) is 0 Å². The molecule has 7 nitrogen and oxygen atoms in total. The molecule has 130 valence electrons. The summed E-state index contributed by atoms with van der Waals surface area (Å²) in [4.78, 5) is 25.4. The van der Waals surface area contributed by atoms with Gasteiger partial charge in [0.2, 0.25) is 5.91 Å². The minimum Gasteiger partial charge on any atom is -0.361 e. The summed E-state index contributed by atoms with van der Waals surface area (Å²) in [7, 11) is 0. The van der Waals surface area contributed by atoms with Crippen molar-refractivity contribution in [2.45, 2.75) is 58.7 Å². The van der Waals surface area contributed by atoms with Crippen LogP contribution in [0.15, 0.2) is 0 Å². The molecule has 0 fully saturated rings. The van der Waals surface area contributed by atoms with Crippen LogP contribution in [0, 0.1) is 0 Å². The molecule has 0 aliphatic rings. The Hall–Kier alpha value is -1.02. The summed E-state index contributed by atoms with van der Waals surface area (Å²) >= 11 is 0. The molecule has 0 aliphatic heterocycles. The lowest BCUT2D eigenvalue weighted by atomic mass is 10.0. The monoisotopic (exact) mass is 317 g/mol. The number of ether oxygens (including phenoxy) is 2. The molecule has 0 spiro atoms. The zero-order valence-corrected chi connectivity index (χ0v) is 14.5. The third-order valence-electron chi connectivity index (χ3n) is 3.28. The molecule has 0 atom stereocenters. The van der Waals surface area contributed by atoms with Crippen LogP contribution in [0.3, 0.4) is 0 Å². The van der Waals surface area contributed by atoms with Gasteiger partial charge in [-0.15, -0.1) is 0 Å². The molecule has 4 N–H and O–H groups in total. The van der Waals surface area contributed by atoms with E-state index in [0.29, 0.717) is 13.0 Å². The van der Waals surface area contributed by atoms with Crippen LogP contribution in [0.2, 0.25) is 0 Å². The van der Waals surface area contributed by atoms with Gasteiger partial charge in [0.25, 0.3) is 0 Å². The van der Waals surface area contributed by atoms with E-state index >= 15 is 0 Å². The van der Waals surface area contributed by atoms with Crippen molar-refractivity contribution in [1.82, 2.24) is 4.90 Å². The fourth-order valence-corrected chi connectivity index (χ4v) is 2.02. The quantitative estimate of drug-likeness (QED) is 0.540. The first-order chi connectivity index (χ1) is 10.0. The van der Waals surface area contributed by atoms with Gasteiger partial charge in [-0.1, -0.05) is 0 Å². The molecule has 0 saturated heterocycles. The maximum Gasteiger partial charge on any atom is 0.225 e. The Balaban J connectivity index is 4.76. The average molecular weight is 317 g/mol. The Morgan fingerprint density at radius 1 is 1.00 bits per heavy atom. The Morgan fingerprint density at radius 3 is 1.95 bits per heavy atom. The van der Waals surface area contributed by atoms with Gasteiger partial charge in [0.05, 0.1) is 37.6 Å². The zero-order valence-electron chi connectivity index (χ0n) is 14.5. The van der Waals surface area contributed by atoms with Crippen molar-refractivity contribution in [3.05, 3.63) is 0 Å². The second-order valence-corrected chi connectivity index (χ2v) is 6.59. The number of amides is 1. The first-order valence-electron chi connectivity index (χ1n) is 7.48. The van der Waals surface area contributed by atoms with E-state index in [4.69, 9.17) is 20.9 Å². The highest BCUT2D eigenvalue weighted by Gasteiger charge is 2.28. The minimum absolute atomic E-state index is 0.0460. The van der Waals surface area contributed by atoms with Crippen LogP contribution < -0.4 is 11.5 Å². The predicted octanol–water partition coefficient (Wildman–Crippen LogP) is 0.607. The van der Waals surface area contributed by atoms with Crippen LogP contribution in [0.25, 0.3) is 0 Å². The fourth-order valence-electron chi connectivity index (χ4n) is 2.02. The molecule has 22 heavy (non-hydrogen) atoms. The number of hydrogen-bond donors (Lipinski definition) is 2. The molecule has 0 radical (unpaired) electrons. The number of carbonyl (C=O) groups excluding carboxylic acids is 2. The normalized spacial score (nSPS) is 12.3. The number of carbonyl (C=O) groups is 2. The molecule has 0 bridgehead atoms. The standard InChI is InChI=1S/C15H31N3O4/c1-12(19)9-18(7-6-14(2,3)21-10-16)13(20)8-15(4,5)22-11-17/h6-11,16-17H2,1-5H3. The molecule has 1 amide bonds. The summed E-state index contributed by atoms with van der Waals surface area (Å²) in [5, 5.41) is 0. The summed E-state index contributed by atoms with van der Waals surface area (Å²) in [5.41, 5.74) is 9.65. The smallest absolute Gasteiger partial charge is 0.225 e. The van der Waals surface area contributed by atoms with Gasteiger partial charge in [0.15, 0.2) is 0 Å². The van der Waals surface area contributed by atoms with Crippen molar-refractivity contribution in [3.8, 4) is 0 Å². The van der Waals surface area contributed by atoms with E-state index in [1.54, 1.807) is 13.8 Å². The Kier molecular flexibility index (Phi) is 8.77. The van der Waals surface area contributed by atoms with Crippen molar-refractivity contribution < 1.29 is 19.1 Å². The van der Waals surface area contributed by atoms with Gasteiger partial charge in [-0.25, -0.2) is 0 Å². The average Bonchev–Trinajstić information content (AvgIpc) is 2.33. The first-order valence-corrected chi connectivity index (χ1v) is 7.48. The van der Waals surface area contributed by atoms with Gasteiger partial charge >= 0.3 is 0 Å². The van der Waals surface area contributed by atoms with Crippen LogP contribution >= 0.6 is 0 Å². The second-order valence-electron chi connectivity index (χ2n) is 6.59. The third kappa shape index (κ3) is 9.09. The van der Waals surface area contributed by atoms with Crippen LogP contribution in [0.4, 0.5) is 0 Å². The molecule has 7 heteroatoms. The Morgan fingerprint density at radius 2 is 1.50 bits per heavy atom. The van der Waals surface area contributed by atoms with Gasteiger partial charge in [0.1, 0.15) is 5.78 Å². The lowest BCUT2D eigenvalue weighted by Crippen LogP contribution is -2.43. The van der Waals surface area contributed by atoms with E-state index in [1.807, 2.05) is 13.8 Å². The van der Waals surface area contributed by atoms with Crippen LogP contribution in [-0.2, 0) is 19.1 Å². The number of rotatable bonds is 11. The van der Waals surface area contributed by atoms with E-state index in [0.717, 1.165) is 0 Å². The van der Waals surface area contributed by atoms with E-state index < -0.39 is 11.2 Å². The van der Waals surface area contributed by atoms with E-state index in [-0.39, 0.29) is 38.1 Å². The molecule has 0 aromatic carbocycles. The largest absolute Gasteiger partial charge is 0.361 e. The highest BCUT2D eigenvalue weighted by Crippen LogP contribution is 2.18. The first kappa shape index (κ1) is 21.0. The van der Waals surface area contributed by atoms with Crippen molar-refractivity contribution in [1.29, 1.82) is 0 Å². The van der Waals surface area contributed by atoms with Crippen molar-refractivity contribution in [3.63, 3.8) is 0 Å². The molecule has 0 aromatic heterocycles. The van der Waals surface area contributed by atoms with Crippen LogP contribution in [0.1, 0.15) is 47.5 Å². The number of nitrogens with zero attached hydrogens (tertiary/aromatic N) is 1. The Bertz CT molecular complexity index is 370.